The maximum Gasteiger partial charge on any atom is 0.323 e. The minimum atomic E-state index is -0.222. The van der Waals surface area contributed by atoms with E-state index in [9.17, 15) is 19.2 Å². The Morgan fingerprint density at radius 2 is 2.12 bits per heavy atom. The predicted molar refractivity (Wildman–Crippen MR) is 146 cm³/mol. The molecule has 4 N–H and O–H groups in total. The number of carbonyl (C=O) groups is 2. The third kappa shape index (κ3) is 11.2. The van der Waals surface area contributed by atoms with E-state index in [1.807, 2.05) is 13.8 Å². The van der Waals surface area contributed by atoms with Gasteiger partial charge in [-0.05, 0) is 59.0 Å². The average Bonchev–Trinajstić information content (AvgIpc) is 3.24. The Labute approximate surface area is 215 Å². The van der Waals surface area contributed by atoms with E-state index in [-0.39, 0.29) is 17.6 Å². The molecule has 0 saturated heterocycles. The van der Waals surface area contributed by atoms with Crippen LogP contribution in [-0.2, 0) is 9.59 Å². The summed E-state index contributed by atoms with van der Waals surface area (Å²) < 4.78 is 14.6. The van der Waals surface area contributed by atoms with Crippen LogP contribution in [0.15, 0.2) is 36.4 Å². The van der Waals surface area contributed by atoms with Crippen molar-refractivity contribution in [2.45, 2.75) is 48.0 Å². The Morgan fingerprint density at radius 1 is 1.47 bits per heavy atom. The van der Waals surface area contributed by atoms with Crippen molar-refractivity contribution in [3.63, 3.8) is 0 Å². The molecule has 0 aliphatic rings. The first-order valence-electron chi connectivity index (χ1n) is 10.8. The predicted octanol–water partition coefficient (Wildman–Crippen LogP) is 4.84. The van der Waals surface area contributed by atoms with Gasteiger partial charge in [0.15, 0.2) is 6.20 Å². The molecule has 190 valence electrons. The molecule has 2 aromatic heterocycles. The van der Waals surface area contributed by atoms with E-state index in [0.29, 0.717) is 35.3 Å². The van der Waals surface area contributed by atoms with Crippen molar-refractivity contribution in [2.24, 2.45) is 5.92 Å². The average molecular weight is 609 g/mol. The van der Waals surface area contributed by atoms with E-state index in [0.717, 1.165) is 24.2 Å². The molecule has 0 aliphatic carbocycles. The largest absolute Gasteiger partial charge is 0.350 e. The number of hydrogen-bond acceptors (Lipinski definition) is 5. The number of allylic oxidation sites excluding steroid dienone is 4. The van der Waals surface area contributed by atoms with Crippen LogP contribution in [0.25, 0.3) is 10.9 Å². The van der Waals surface area contributed by atoms with E-state index in [1.54, 1.807) is 34.6 Å². The van der Waals surface area contributed by atoms with Crippen LogP contribution >= 0.6 is 28.4 Å². The van der Waals surface area contributed by atoms with Gasteiger partial charge in [0.2, 0.25) is 12.3 Å². The smallest absolute Gasteiger partial charge is 0.323 e. The minimum Gasteiger partial charge on any atom is -0.350 e. The third-order valence-electron chi connectivity index (χ3n) is 4.15. The first-order valence-corrected chi connectivity index (χ1v) is 14.8. The van der Waals surface area contributed by atoms with Crippen molar-refractivity contribution < 1.29 is 23.9 Å². The van der Waals surface area contributed by atoms with E-state index in [2.05, 4.69) is 46.3 Å². The maximum atomic E-state index is 12.1. The molecule has 34 heavy (non-hydrogen) atoms. The number of halogens is 2. The zero-order valence-corrected chi connectivity index (χ0v) is 23.7. The molecule has 0 saturated carbocycles. The number of nitrogen functional groups attached to an aromatic ring is 1. The number of anilines is 2. The molecule has 2 heterocycles. The summed E-state index contributed by atoms with van der Waals surface area (Å²) in [7, 11) is 0. The molecule has 12 heteroatoms. The second kappa shape index (κ2) is 17.2. The number of nitrogens with zero attached hydrogens (tertiary/aromatic N) is 4. The second-order valence-electron chi connectivity index (χ2n) is 7.44. The lowest BCUT2D eigenvalue weighted by Crippen LogP contribution is -2.34. The molecule has 0 aliphatic heterocycles. The van der Waals surface area contributed by atoms with E-state index in [4.69, 9.17) is 5.73 Å². The second-order valence-corrected chi connectivity index (χ2v) is 9.48. The zero-order chi connectivity index (χ0) is 26.3. The monoisotopic (exact) mass is 609 g/mol. The van der Waals surface area contributed by atoms with Crippen molar-refractivity contribution in [2.75, 3.05) is 24.1 Å². The molecule has 1 unspecified atom stereocenters. The van der Waals surface area contributed by atoms with Crippen molar-refractivity contribution in [3.8, 4) is 0 Å². The molecule has 0 radical (unpaired) electrons. The van der Waals surface area contributed by atoms with Crippen molar-refractivity contribution >= 4 is 63.1 Å². The van der Waals surface area contributed by atoms with Crippen molar-refractivity contribution in [3.05, 3.63) is 36.4 Å². The van der Waals surface area contributed by atoms with Gasteiger partial charge in [0.25, 0.3) is 0 Å². The van der Waals surface area contributed by atoms with Gasteiger partial charge in [0, 0.05) is 20.0 Å². The SMILES string of the molecule is C/C=C\C=C(\F)CC.CC(=O)Nc1c[n+](O)c(N)c2cnn(PI)c12.CCN(C=O)CC(C)C. The van der Waals surface area contributed by atoms with Gasteiger partial charge in [-0.1, -0.05) is 32.9 Å². The molecule has 0 aromatic carbocycles. The Bertz CT molecular complexity index is 981. The van der Waals surface area contributed by atoms with Crippen LogP contribution in [0.1, 0.15) is 48.0 Å². The molecule has 2 amide bonds. The van der Waals surface area contributed by atoms with Crippen LogP contribution in [0.3, 0.4) is 0 Å². The number of nitrogens with one attached hydrogen (secondary N) is 1. The third-order valence-corrected chi connectivity index (χ3v) is 6.02. The molecule has 2 rings (SSSR count). The highest BCUT2D eigenvalue weighted by Crippen LogP contribution is 2.33. The molecule has 0 bridgehead atoms. The van der Waals surface area contributed by atoms with Crippen LogP contribution in [0, 0.1) is 5.92 Å². The topological polar surface area (TPSA) is 117 Å². The zero-order valence-electron chi connectivity index (χ0n) is 20.5. The Hall–Kier alpha value is -2.27. The fourth-order valence-electron chi connectivity index (χ4n) is 2.55. The molecule has 1 atom stereocenters. The first kappa shape index (κ1) is 31.7. The number of nitrogens with two attached hydrogens (primary N) is 1. The molecule has 9 nitrogen and oxygen atoms in total. The number of carbonyl (C=O) groups excluding carboxylic acids is 2. The lowest BCUT2D eigenvalue weighted by molar-refractivity contribution is -0.892. The molecule has 2 aromatic rings. The Kier molecular flexibility index (Phi) is 16.1. The van der Waals surface area contributed by atoms with Crippen molar-refractivity contribution in [1.82, 2.24) is 14.5 Å². The van der Waals surface area contributed by atoms with Gasteiger partial charge in [0.1, 0.15) is 16.6 Å². The summed E-state index contributed by atoms with van der Waals surface area (Å²) >= 11 is 2.17. The van der Waals surface area contributed by atoms with Crippen LogP contribution in [-0.4, -0.2) is 45.1 Å². The number of fused-ring (bicyclic) bond motifs is 1. The highest BCUT2D eigenvalue weighted by molar-refractivity contribution is 14.2. The highest BCUT2D eigenvalue weighted by Gasteiger charge is 2.19. The Morgan fingerprint density at radius 3 is 2.53 bits per heavy atom. The lowest BCUT2D eigenvalue weighted by Gasteiger charge is -2.16. The normalized spacial score (nSPS) is 11.4. The summed E-state index contributed by atoms with van der Waals surface area (Å²) in [6.45, 7) is 12.9. The summed E-state index contributed by atoms with van der Waals surface area (Å²) in [6, 6.07) is 0. The summed E-state index contributed by atoms with van der Waals surface area (Å²) in [5.74, 6) is 0.480. The maximum absolute atomic E-state index is 12.1. The number of pyridine rings is 1. The van der Waals surface area contributed by atoms with Crippen LogP contribution in [0.2, 0.25) is 0 Å². The molecular formula is C22H36FIN6O3P+. The van der Waals surface area contributed by atoms with Gasteiger partial charge in [-0.3, -0.25) is 15.3 Å². The van der Waals surface area contributed by atoms with Crippen LogP contribution in [0.5, 0.6) is 0 Å². The standard InChI is InChI=1S/C8H9IN5O2P.C7H11F.C7H15NO/c1-4(15)12-6-3-13(16)8(10)5-2-11-14(17-9)7(5)6;1-3-5-6-7(8)4-2;1-4-8(6-9)5-7(2)3/h2-3,10,16-17H,1H3,(H,12,15);3,5-6H,4H2,1-2H3;6-7H,4-5H2,1-3H3/p+1/b;5-3-,7-6+;. The minimum absolute atomic E-state index is 0.0666. The van der Waals surface area contributed by atoms with Crippen LogP contribution in [0.4, 0.5) is 15.9 Å². The van der Waals surface area contributed by atoms with Crippen molar-refractivity contribution in [1.29, 1.82) is 0 Å². The van der Waals surface area contributed by atoms with E-state index < -0.39 is 0 Å². The quantitative estimate of drug-likeness (QED) is 0.0990. The number of aromatic nitrogens is 3. The Balaban J connectivity index is 0.000000544. The van der Waals surface area contributed by atoms with Gasteiger partial charge >= 0.3 is 5.82 Å². The van der Waals surface area contributed by atoms with Gasteiger partial charge in [0.05, 0.1) is 18.4 Å². The summed E-state index contributed by atoms with van der Waals surface area (Å²) in [4.78, 5) is 23.1. The fraction of sp³-hybridized carbons (Fsp3) is 0.455. The summed E-state index contributed by atoms with van der Waals surface area (Å²) in [5, 5.41) is 17.0. The van der Waals surface area contributed by atoms with E-state index >= 15 is 0 Å². The lowest BCUT2D eigenvalue weighted by atomic mass is 10.2. The molecule has 0 fully saturated rings. The van der Waals surface area contributed by atoms with Gasteiger partial charge in [-0.25, -0.2) is 8.84 Å². The van der Waals surface area contributed by atoms with Crippen LogP contribution < -0.4 is 15.8 Å². The van der Waals surface area contributed by atoms with Gasteiger partial charge < -0.3 is 15.4 Å². The number of amides is 2. The first-order chi connectivity index (χ1) is 16.1. The fourth-order valence-corrected chi connectivity index (χ4v) is 4.07. The van der Waals surface area contributed by atoms with E-state index in [1.165, 1.54) is 19.2 Å². The molecular weight excluding hydrogens is 573 g/mol. The summed E-state index contributed by atoms with van der Waals surface area (Å²) in [5.41, 5.74) is 6.92. The highest BCUT2D eigenvalue weighted by atomic mass is 127. The van der Waals surface area contributed by atoms with Gasteiger partial charge in [-0.2, -0.15) is 5.10 Å². The van der Waals surface area contributed by atoms with Gasteiger partial charge in [-0.15, -0.1) is 0 Å². The number of rotatable bonds is 8. The summed E-state index contributed by atoms with van der Waals surface area (Å²) in [6.07, 6.45) is 9.65. The number of hydrogen-bond donors (Lipinski definition) is 3. The molecule has 0 spiro atoms.